The Bertz CT molecular complexity index is 511. The Labute approximate surface area is 112 Å². The summed E-state index contributed by atoms with van der Waals surface area (Å²) < 4.78 is 5.48. The molecule has 5 heteroatoms. The summed E-state index contributed by atoms with van der Waals surface area (Å²) in [5.41, 5.74) is -0.795. The maximum Gasteiger partial charge on any atom is 0.296 e. The van der Waals surface area contributed by atoms with Crippen LogP contribution in [0.3, 0.4) is 0 Å². The minimum Gasteiger partial charge on any atom is -0.473 e. The van der Waals surface area contributed by atoms with Crippen molar-refractivity contribution in [2.75, 3.05) is 6.61 Å². The van der Waals surface area contributed by atoms with Gasteiger partial charge in [-0.05, 0) is 19.4 Å². The molecular formula is C14H18N2O3. The van der Waals surface area contributed by atoms with E-state index in [2.05, 4.69) is 4.99 Å². The molecule has 1 aliphatic rings. The monoisotopic (exact) mass is 262 g/mol. The van der Waals surface area contributed by atoms with Gasteiger partial charge in [-0.3, -0.25) is 10.1 Å². The molecule has 0 N–H and O–H groups in total. The van der Waals surface area contributed by atoms with E-state index < -0.39 is 5.54 Å². The average molecular weight is 262 g/mol. The molecule has 1 heterocycles. The van der Waals surface area contributed by atoms with E-state index in [0.717, 1.165) is 5.56 Å². The van der Waals surface area contributed by atoms with E-state index in [9.17, 15) is 10.1 Å². The second-order valence-electron chi connectivity index (χ2n) is 5.71. The molecule has 0 aliphatic carbocycles. The maximum atomic E-state index is 11.5. The number of hydrogen-bond acceptors (Lipinski definition) is 4. The Morgan fingerprint density at radius 1 is 1.42 bits per heavy atom. The summed E-state index contributed by atoms with van der Waals surface area (Å²) in [5, 5.41) is 11.5. The number of aliphatic imine (C=N–C) groups is 1. The number of hydrogen-bond donors (Lipinski definition) is 0. The van der Waals surface area contributed by atoms with E-state index in [1.54, 1.807) is 6.92 Å². The largest absolute Gasteiger partial charge is 0.473 e. The van der Waals surface area contributed by atoms with Gasteiger partial charge in [0, 0.05) is 11.8 Å². The van der Waals surface area contributed by atoms with Crippen molar-refractivity contribution in [1.29, 1.82) is 0 Å². The molecule has 19 heavy (non-hydrogen) atoms. The third-order valence-electron chi connectivity index (χ3n) is 3.22. The normalized spacial score (nSPS) is 20.3. The molecule has 0 saturated carbocycles. The van der Waals surface area contributed by atoms with Gasteiger partial charge in [0.25, 0.3) is 11.4 Å². The SMILES string of the molecule is CC1(C)COC(C(C)(Cc2ccccc2)[N+](=O)[O-])=N1. The number of nitro groups is 1. The van der Waals surface area contributed by atoms with Crippen molar-refractivity contribution in [3.63, 3.8) is 0 Å². The molecule has 1 atom stereocenters. The Morgan fingerprint density at radius 2 is 2.05 bits per heavy atom. The van der Waals surface area contributed by atoms with Crippen molar-refractivity contribution in [1.82, 2.24) is 0 Å². The molecule has 0 spiro atoms. The van der Waals surface area contributed by atoms with Gasteiger partial charge in [-0.15, -0.1) is 0 Å². The zero-order valence-electron chi connectivity index (χ0n) is 11.4. The first-order valence-electron chi connectivity index (χ1n) is 6.25. The fourth-order valence-corrected chi connectivity index (χ4v) is 2.07. The molecule has 1 aromatic rings. The summed E-state index contributed by atoms with van der Waals surface area (Å²) in [7, 11) is 0. The molecule has 0 radical (unpaired) electrons. The molecule has 0 bridgehead atoms. The highest BCUT2D eigenvalue weighted by atomic mass is 16.6. The van der Waals surface area contributed by atoms with Crippen molar-refractivity contribution < 1.29 is 9.66 Å². The average Bonchev–Trinajstić information content (AvgIpc) is 2.71. The van der Waals surface area contributed by atoms with Crippen LogP contribution in [-0.2, 0) is 11.2 Å². The van der Waals surface area contributed by atoms with Crippen LogP contribution in [0.5, 0.6) is 0 Å². The first-order valence-corrected chi connectivity index (χ1v) is 6.25. The van der Waals surface area contributed by atoms with E-state index in [0.29, 0.717) is 6.61 Å². The van der Waals surface area contributed by atoms with Crippen LogP contribution in [0, 0.1) is 10.1 Å². The highest BCUT2D eigenvalue weighted by Crippen LogP contribution is 2.27. The van der Waals surface area contributed by atoms with Crippen LogP contribution >= 0.6 is 0 Å². The Balaban J connectivity index is 2.32. The van der Waals surface area contributed by atoms with Gasteiger partial charge in [-0.2, -0.15) is 0 Å². The van der Waals surface area contributed by atoms with Gasteiger partial charge in [0.1, 0.15) is 6.61 Å². The molecule has 5 nitrogen and oxygen atoms in total. The summed E-state index contributed by atoms with van der Waals surface area (Å²) in [6.07, 6.45) is 0.274. The maximum absolute atomic E-state index is 11.5. The quantitative estimate of drug-likeness (QED) is 0.618. The predicted octanol–water partition coefficient (Wildman–Crippen LogP) is 2.47. The minimum absolute atomic E-state index is 0.228. The van der Waals surface area contributed by atoms with Crippen LogP contribution in [0.2, 0.25) is 0 Å². The van der Waals surface area contributed by atoms with Crippen LogP contribution in [0.4, 0.5) is 0 Å². The number of rotatable bonds is 4. The lowest BCUT2D eigenvalue weighted by atomic mass is 9.93. The zero-order valence-corrected chi connectivity index (χ0v) is 11.4. The molecule has 1 unspecified atom stereocenters. The third kappa shape index (κ3) is 2.75. The smallest absolute Gasteiger partial charge is 0.296 e. The van der Waals surface area contributed by atoms with Crippen molar-refractivity contribution in [3.05, 3.63) is 46.0 Å². The Hall–Kier alpha value is -1.91. The standard InChI is InChI=1S/C14H18N2O3/c1-13(2)10-19-12(15-13)14(3,16(17)18)9-11-7-5-4-6-8-11/h4-8H,9-10H2,1-3H3. The van der Waals surface area contributed by atoms with Crippen molar-refractivity contribution in [2.24, 2.45) is 4.99 Å². The highest BCUT2D eigenvalue weighted by molar-refractivity contribution is 5.86. The van der Waals surface area contributed by atoms with E-state index >= 15 is 0 Å². The fourth-order valence-electron chi connectivity index (χ4n) is 2.07. The molecule has 0 saturated heterocycles. The molecule has 0 fully saturated rings. The zero-order chi connectivity index (χ0) is 14.1. The van der Waals surface area contributed by atoms with Gasteiger partial charge in [0.2, 0.25) is 0 Å². The minimum atomic E-state index is -1.31. The van der Waals surface area contributed by atoms with Crippen LogP contribution < -0.4 is 0 Å². The second kappa shape index (κ2) is 4.64. The molecule has 1 aliphatic heterocycles. The van der Waals surface area contributed by atoms with Gasteiger partial charge in [0.05, 0.1) is 12.0 Å². The van der Waals surface area contributed by atoms with E-state index in [1.165, 1.54) is 0 Å². The lowest BCUT2D eigenvalue weighted by Gasteiger charge is -2.20. The summed E-state index contributed by atoms with van der Waals surface area (Å²) in [6, 6.07) is 9.39. The number of nitrogens with zero attached hydrogens (tertiary/aromatic N) is 2. The molecule has 0 aromatic heterocycles. The number of ether oxygens (including phenoxy) is 1. The summed E-state index contributed by atoms with van der Waals surface area (Å²) in [5.74, 6) is 0.228. The summed E-state index contributed by atoms with van der Waals surface area (Å²) in [4.78, 5) is 15.5. The van der Waals surface area contributed by atoms with E-state index in [-0.39, 0.29) is 22.8 Å². The highest BCUT2D eigenvalue weighted by Gasteiger charge is 2.49. The van der Waals surface area contributed by atoms with Crippen LogP contribution in [0.25, 0.3) is 0 Å². The topological polar surface area (TPSA) is 64.7 Å². The number of benzene rings is 1. The molecule has 0 amide bonds. The van der Waals surface area contributed by atoms with Crippen molar-refractivity contribution in [2.45, 2.75) is 38.3 Å². The first-order chi connectivity index (χ1) is 8.83. The van der Waals surface area contributed by atoms with Gasteiger partial charge in [-0.25, -0.2) is 4.99 Å². The lowest BCUT2D eigenvalue weighted by molar-refractivity contribution is -0.544. The predicted molar refractivity (Wildman–Crippen MR) is 73.0 cm³/mol. The summed E-state index contributed by atoms with van der Waals surface area (Å²) >= 11 is 0. The van der Waals surface area contributed by atoms with Crippen LogP contribution in [0.15, 0.2) is 35.3 Å². The lowest BCUT2D eigenvalue weighted by Crippen LogP contribution is -2.45. The van der Waals surface area contributed by atoms with Crippen LogP contribution in [-0.4, -0.2) is 28.5 Å². The third-order valence-corrected chi connectivity index (χ3v) is 3.22. The Kier molecular flexibility index (Phi) is 3.30. The van der Waals surface area contributed by atoms with E-state index in [4.69, 9.17) is 4.74 Å². The van der Waals surface area contributed by atoms with Crippen molar-refractivity contribution >= 4 is 5.90 Å². The summed E-state index contributed by atoms with van der Waals surface area (Å²) in [6.45, 7) is 5.77. The molecule has 1 aromatic carbocycles. The molecule has 102 valence electrons. The molecule has 2 rings (SSSR count). The van der Waals surface area contributed by atoms with E-state index in [1.807, 2.05) is 44.2 Å². The Morgan fingerprint density at radius 3 is 2.53 bits per heavy atom. The van der Waals surface area contributed by atoms with Gasteiger partial charge < -0.3 is 4.74 Å². The van der Waals surface area contributed by atoms with Gasteiger partial charge in [0.15, 0.2) is 0 Å². The van der Waals surface area contributed by atoms with Gasteiger partial charge in [-0.1, -0.05) is 30.3 Å². The first kappa shape index (κ1) is 13.5. The second-order valence-corrected chi connectivity index (χ2v) is 5.71. The van der Waals surface area contributed by atoms with Gasteiger partial charge >= 0.3 is 0 Å². The fraction of sp³-hybridized carbons (Fsp3) is 0.500. The molecular weight excluding hydrogens is 244 g/mol. The van der Waals surface area contributed by atoms with Crippen LogP contribution in [0.1, 0.15) is 26.3 Å². The van der Waals surface area contributed by atoms with Crippen molar-refractivity contribution in [3.8, 4) is 0 Å².